The summed E-state index contributed by atoms with van der Waals surface area (Å²) in [5, 5.41) is 5.63. The van der Waals surface area contributed by atoms with E-state index in [2.05, 4.69) is 15.5 Å². The SMILES string of the molecule is NC(=O)Nc1ccc(-c2ccc(C(=O)NC3CN4CCC3CC4)o2)cc1. The first-order chi connectivity index (χ1) is 12.6. The van der Waals surface area contributed by atoms with Crippen LogP contribution in [0.2, 0.25) is 0 Å². The van der Waals surface area contributed by atoms with Gasteiger partial charge in [-0.15, -0.1) is 0 Å². The number of rotatable bonds is 4. The first-order valence-electron chi connectivity index (χ1n) is 8.88. The average molecular weight is 354 g/mol. The minimum absolute atomic E-state index is 0.165. The molecule has 2 bridgehead atoms. The molecule has 3 fully saturated rings. The number of benzene rings is 1. The number of nitrogens with zero attached hydrogens (tertiary/aromatic N) is 1. The molecule has 7 nitrogen and oxygen atoms in total. The number of hydrogen-bond acceptors (Lipinski definition) is 4. The van der Waals surface area contributed by atoms with Crippen molar-refractivity contribution in [2.75, 3.05) is 25.0 Å². The van der Waals surface area contributed by atoms with Crippen molar-refractivity contribution in [1.29, 1.82) is 0 Å². The smallest absolute Gasteiger partial charge is 0.316 e. The van der Waals surface area contributed by atoms with Gasteiger partial charge in [0, 0.05) is 23.8 Å². The van der Waals surface area contributed by atoms with E-state index in [-0.39, 0.29) is 11.9 Å². The second-order valence-electron chi connectivity index (χ2n) is 6.95. The molecule has 4 N–H and O–H groups in total. The highest BCUT2D eigenvalue weighted by atomic mass is 16.3. The Morgan fingerprint density at radius 3 is 2.42 bits per heavy atom. The molecule has 0 aliphatic carbocycles. The number of nitrogens with one attached hydrogen (secondary N) is 2. The third-order valence-corrected chi connectivity index (χ3v) is 5.24. The van der Waals surface area contributed by atoms with E-state index in [0.29, 0.717) is 23.1 Å². The minimum atomic E-state index is -0.609. The lowest BCUT2D eigenvalue weighted by Gasteiger charge is -2.44. The predicted molar refractivity (Wildman–Crippen MR) is 97.8 cm³/mol. The molecule has 0 spiro atoms. The third-order valence-electron chi connectivity index (χ3n) is 5.24. The zero-order valence-corrected chi connectivity index (χ0v) is 14.4. The summed E-state index contributed by atoms with van der Waals surface area (Å²) in [5.41, 5.74) is 6.52. The Morgan fingerprint density at radius 2 is 1.81 bits per heavy atom. The first kappa shape index (κ1) is 16.7. The van der Waals surface area contributed by atoms with Crippen LogP contribution < -0.4 is 16.4 Å². The fraction of sp³-hybridized carbons (Fsp3) is 0.368. The highest BCUT2D eigenvalue weighted by Crippen LogP contribution is 2.28. The molecule has 136 valence electrons. The van der Waals surface area contributed by atoms with Crippen molar-refractivity contribution in [3.05, 3.63) is 42.2 Å². The molecule has 3 aliphatic rings. The van der Waals surface area contributed by atoms with Crippen LogP contribution in [0.25, 0.3) is 11.3 Å². The molecule has 3 aliphatic heterocycles. The Hall–Kier alpha value is -2.80. The molecule has 0 radical (unpaired) electrons. The maximum absolute atomic E-state index is 12.5. The average Bonchev–Trinajstić information content (AvgIpc) is 3.13. The summed E-state index contributed by atoms with van der Waals surface area (Å²) in [6.07, 6.45) is 2.31. The van der Waals surface area contributed by atoms with Gasteiger partial charge in [-0.1, -0.05) is 0 Å². The molecular weight excluding hydrogens is 332 g/mol. The van der Waals surface area contributed by atoms with Crippen LogP contribution in [0.4, 0.5) is 10.5 Å². The second kappa shape index (κ2) is 6.84. The van der Waals surface area contributed by atoms with Crippen molar-refractivity contribution < 1.29 is 14.0 Å². The number of furan rings is 1. The Labute approximate surface area is 151 Å². The molecular formula is C19H22N4O3. The van der Waals surface area contributed by atoms with Crippen LogP contribution in [0.5, 0.6) is 0 Å². The highest BCUT2D eigenvalue weighted by molar-refractivity contribution is 5.92. The molecule has 7 heteroatoms. The molecule has 2 aromatic rings. The summed E-state index contributed by atoms with van der Waals surface area (Å²) in [6, 6.07) is 10.1. The minimum Gasteiger partial charge on any atom is -0.451 e. The number of carbonyl (C=O) groups excluding carboxylic acids is 2. The molecule has 26 heavy (non-hydrogen) atoms. The molecule has 1 atom stereocenters. The van der Waals surface area contributed by atoms with Gasteiger partial charge in [0.25, 0.3) is 5.91 Å². The molecule has 5 rings (SSSR count). The van der Waals surface area contributed by atoms with Crippen LogP contribution in [0.1, 0.15) is 23.4 Å². The van der Waals surface area contributed by atoms with Gasteiger partial charge in [0.05, 0.1) is 0 Å². The maximum Gasteiger partial charge on any atom is 0.316 e. The lowest BCUT2D eigenvalue weighted by Crippen LogP contribution is -2.57. The second-order valence-corrected chi connectivity index (χ2v) is 6.95. The van der Waals surface area contributed by atoms with Crippen LogP contribution in [-0.2, 0) is 0 Å². The van der Waals surface area contributed by atoms with Gasteiger partial charge in [-0.3, -0.25) is 4.79 Å². The summed E-state index contributed by atoms with van der Waals surface area (Å²) < 4.78 is 5.74. The predicted octanol–water partition coefficient (Wildman–Crippen LogP) is 2.26. The fourth-order valence-corrected chi connectivity index (χ4v) is 3.84. The van der Waals surface area contributed by atoms with Gasteiger partial charge in [-0.25, -0.2) is 4.79 Å². The van der Waals surface area contributed by atoms with Crippen LogP contribution in [0, 0.1) is 5.92 Å². The number of urea groups is 1. The van der Waals surface area contributed by atoms with Crippen molar-refractivity contribution in [3.8, 4) is 11.3 Å². The fourth-order valence-electron chi connectivity index (χ4n) is 3.84. The molecule has 1 aromatic carbocycles. The zero-order valence-electron chi connectivity index (χ0n) is 14.4. The van der Waals surface area contributed by atoms with Gasteiger partial charge in [-0.2, -0.15) is 0 Å². The Balaban J connectivity index is 1.42. The van der Waals surface area contributed by atoms with Crippen LogP contribution >= 0.6 is 0 Å². The topological polar surface area (TPSA) is 101 Å². The number of piperidine rings is 3. The molecule has 1 unspecified atom stereocenters. The molecule has 1 aromatic heterocycles. The van der Waals surface area contributed by atoms with E-state index >= 15 is 0 Å². The van der Waals surface area contributed by atoms with E-state index in [9.17, 15) is 9.59 Å². The van der Waals surface area contributed by atoms with Gasteiger partial charge in [-0.05, 0) is 68.2 Å². The van der Waals surface area contributed by atoms with Crippen LogP contribution in [-0.4, -0.2) is 42.5 Å². The van der Waals surface area contributed by atoms with E-state index in [1.165, 1.54) is 0 Å². The number of anilines is 1. The van der Waals surface area contributed by atoms with Gasteiger partial charge >= 0.3 is 6.03 Å². The normalized spacial score (nSPS) is 24.2. The number of carbonyl (C=O) groups is 2. The highest BCUT2D eigenvalue weighted by Gasteiger charge is 2.35. The first-order valence-corrected chi connectivity index (χ1v) is 8.88. The van der Waals surface area contributed by atoms with E-state index in [4.69, 9.17) is 10.2 Å². The zero-order chi connectivity index (χ0) is 18.1. The molecule has 4 heterocycles. The van der Waals surface area contributed by atoms with Crippen molar-refractivity contribution in [1.82, 2.24) is 10.2 Å². The van der Waals surface area contributed by atoms with E-state index in [1.807, 2.05) is 0 Å². The van der Waals surface area contributed by atoms with Gasteiger partial charge < -0.3 is 25.7 Å². The summed E-state index contributed by atoms with van der Waals surface area (Å²) in [4.78, 5) is 25.8. The standard InChI is InChI=1S/C19H22N4O3/c20-19(25)21-14-3-1-13(2-4-14)16-5-6-17(26-16)18(24)22-15-11-23-9-7-12(15)8-10-23/h1-6,12,15H,7-11H2,(H,22,24)(H3,20,21,25). The maximum atomic E-state index is 12.5. The Bertz CT molecular complexity index is 806. The van der Waals surface area contributed by atoms with Crippen LogP contribution in [0.15, 0.2) is 40.8 Å². The van der Waals surface area contributed by atoms with Gasteiger partial charge in [0.1, 0.15) is 5.76 Å². The van der Waals surface area contributed by atoms with Crippen molar-refractivity contribution in [3.63, 3.8) is 0 Å². The summed E-state index contributed by atoms with van der Waals surface area (Å²) >= 11 is 0. The summed E-state index contributed by atoms with van der Waals surface area (Å²) in [7, 11) is 0. The van der Waals surface area contributed by atoms with Gasteiger partial charge in [0.15, 0.2) is 5.76 Å². The largest absolute Gasteiger partial charge is 0.451 e. The number of amides is 3. The monoisotopic (exact) mass is 354 g/mol. The number of hydrogen-bond donors (Lipinski definition) is 3. The lowest BCUT2D eigenvalue weighted by molar-refractivity contribution is 0.0606. The third kappa shape index (κ3) is 3.43. The van der Waals surface area contributed by atoms with Crippen molar-refractivity contribution >= 4 is 17.6 Å². The summed E-state index contributed by atoms with van der Waals surface area (Å²) in [5.74, 6) is 1.33. The van der Waals surface area contributed by atoms with E-state index in [1.54, 1.807) is 36.4 Å². The van der Waals surface area contributed by atoms with Crippen molar-refractivity contribution in [2.24, 2.45) is 11.7 Å². The molecule has 3 saturated heterocycles. The Morgan fingerprint density at radius 1 is 1.08 bits per heavy atom. The quantitative estimate of drug-likeness (QED) is 0.784. The number of primary amides is 1. The van der Waals surface area contributed by atoms with Crippen molar-refractivity contribution in [2.45, 2.75) is 18.9 Å². The summed E-state index contributed by atoms with van der Waals surface area (Å²) in [6.45, 7) is 3.21. The van der Waals surface area contributed by atoms with Gasteiger partial charge in [0.2, 0.25) is 0 Å². The Kier molecular flexibility index (Phi) is 4.38. The number of nitrogens with two attached hydrogens (primary N) is 1. The van der Waals surface area contributed by atoms with E-state index in [0.717, 1.165) is 38.0 Å². The lowest BCUT2D eigenvalue weighted by atomic mass is 9.84. The van der Waals surface area contributed by atoms with E-state index < -0.39 is 6.03 Å². The number of fused-ring (bicyclic) bond motifs is 3. The van der Waals surface area contributed by atoms with Crippen LogP contribution in [0.3, 0.4) is 0 Å². The molecule has 0 saturated carbocycles. The molecule has 3 amide bonds.